The van der Waals surface area contributed by atoms with Crippen LogP contribution in [0.5, 0.6) is 0 Å². The van der Waals surface area contributed by atoms with E-state index in [1.165, 1.54) is 88.1 Å². The lowest BCUT2D eigenvalue weighted by molar-refractivity contribution is -0.0419. The lowest BCUT2D eigenvalue weighted by atomic mass is 9.32. The third-order valence-electron chi connectivity index (χ3n) is 14.2. The van der Waals surface area contributed by atoms with Crippen LogP contribution in [-0.2, 0) is 11.8 Å². The molecule has 252 valence electrons. The number of anilines is 6. The zero-order valence-corrected chi connectivity index (χ0v) is 29.5. The predicted molar refractivity (Wildman–Crippen MR) is 213 cm³/mol. The van der Waals surface area contributed by atoms with Crippen LogP contribution in [0.4, 0.5) is 38.5 Å². The van der Waals surface area contributed by atoms with Crippen molar-refractivity contribution in [2.45, 2.75) is 50.9 Å². The Morgan fingerprint density at radius 3 is 2.04 bits per heavy atom. The Morgan fingerprint density at radius 1 is 0.596 bits per heavy atom. The van der Waals surface area contributed by atoms with Gasteiger partial charge in [0.2, 0.25) is 0 Å². The van der Waals surface area contributed by atoms with Gasteiger partial charge in [-0.25, -0.2) is 4.39 Å². The summed E-state index contributed by atoms with van der Waals surface area (Å²) in [5.74, 6) is 2.93. The number of halogens is 1. The lowest BCUT2D eigenvalue weighted by Gasteiger charge is -2.64. The molecule has 7 aliphatic rings. The van der Waals surface area contributed by atoms with Gasteiger partial charge in [-0.1, -0.05) is 85.8 Å². The number of aryl methyl sites for hydroxylation is 1. The van der Waals surface area contributed by atoms with Gasteiger partial charge in [0.05, 0.1) is 5.69 Å². The first-order valence-corrected chi connectivity index (χ1v) is 19.6. The van der Waals surface area contributed by atoms with Gasteiger partial charge >= 0.3 is 0 Å². The highest BCUT2D eigenvalue weighted by Gasteiger charge is 2.62. The average Bonchev–Trinajstić information content (AvgIpc) is 3.18. The summed E-state index contributed by atoms with van der Waals surface area (Å²) in [6, 6.07) is 46.8. The first kappa shape index (κ1) is 29.5. The summed E-state index contributed by atoms with van der Waals surface area (Å²) in [6.07, 6.45) is 7.88. The van der Waals surface area contributed by atoms with Crippen molar-refractivity contribution in [3.8, 4) is 11.1 Å². The molecular weight excluding hydrogens is 634 g/mol. The molecule has 4 fully saturated rings. The molecule has 4 heteroatoms. The molecule has 0 atom stereocenters. The van der Waals surface area contributed by atoms with Gasteiger partial charge in [0.15, 0.2) is 0 Å². The minimum absolute atomic E-state index is 0.0413. The maximum absolute atomic E-state index is 14.4. The van der Waals surface area contributed by atoms with Crippen molar-refractivity contribution in [2.24, 2.45) is 23.7 Å². The molecule has 0 unspecified atom stereocenters. The molecule has 0 aromatic heterocycles. The molecule has 3 aliphatic heterocycles. The molecule has 2 nitrogen and oxygen atoms in total. The van der Waals surface area contributed by atoms with Gasteiger partial charge in [-0.3, -0.25) is 0 Å². The van der Waals surface area contributed by atoms with Gasteiger partial charge in [0, 0.05) is 33.9 Å². The van der Waals surface area contributed by atoms with Crippen LogP contribution in [0.25, 0.3) is 11.1 Å². The Morgan fingerprint density at radius 2 is 1.29 bits per heavy atom. The molecule has 1 spiro atoms. The number of hydrogen-bond donors (Lipinski definition) is 0. The third kappa shape index (κ3) is 3.70. The molecule has 52 heavy (non-hydrogen) atoms. The molecule has 0 saturated heterocycles. The first-order valence-electron chi connectivity index (χ1n) is 19.6. The summed E-state index contributed by atoms with van der Waals surface area (Å²) >= 11 is 0. The topological polar surface area (TPSA) is 6.48 Å². The van der Waals surface area contributed by atoms with Crippen LogP contribution in [0.1, 0.15) is 55.7 Å². The van der Waals surface area contributed by atoms with Crippen molar-refractivity contribution < 1.29 is 4.39 Å². The highest BCUT2D eigenvalue weighted by molar-refractivity contribution is 7.00. The molecule has 6 aromatic carbocycles. The molecule has 4 aliphatic carbocycles. The van der Waals surface area contributed by atoms with Gasteiger partial charge < -0.3 is 9.80 Å². The van der Waals surface area contributed by atoms with Gasteiger partial charge in [-0.15, -0.1) is 0 Å². The second-order valence-corrected chi connectivity index (χ2v) is 16.6. The summed E-state index contributed by atoms with van der Waals surface area (Å²) in [4.78, 5) is 5.15. The monoisotopic (exact) mass is 674 g/mol. The van der Waals surface area contributed by atoms with E-state index >= 15 is 0 Å². The fraction of sp³-hybridized carbons (Fsp3) is 0.250. The average molecular weight is 675 g/mol. The van der Waals surface area contributed by atoms with E-state index in [1.807, 2.05) is 12.1 Å². The zero-order valence-electron chi connectivity index (χ0n) is 29.5. The van der Waals surface area contributed by atoms with E-state index in [1.54, 1.807) is 17.7 Å². The van der Waals surface area contributed by atoms with E-state index in [4.69, 9.17) is 0 Å². The Hall–Kier alpha value is -5.09. The molecule has 4 saturated carbocycles. The molecule has 0 radical (unpaired) electrons. The minimum atomic E-state index is -0.209. The third-order valence-corrected chi connectivity index (χ3v) is 14.2. The van der Waals surface area contributed by atoms with Crippen LogP contribution >= 0.6 is 0 Å². The summed E-state index contributed by atoms with van der Waals surface area (Å²) in [5, 5.41) is 0. The summed E-state index contributed by atoms with van der Waals surface area (Å²) in [5.41, 5.74) is 18.5. The van der Waals surface area contributed by atoms with Crippen molar-refractivity contribution in [2.75, 3.05) is 9.80 Å². The Labute approximate surface area is 306 Å². The SMILES string of the molecule is CCc1ccc2c(c1)B1c3cccc4c3N(c3ccccc3C43C4CC5CC(C4)CC3C5)c3cc(-c4ccc(F)cc4)cc(c31)N2c1ccccc1. The number of fused-ring (bicyclic) bond motifs is 6. The number of para-hydroxylation sites is 3. The van der Waals surface area contributed by atoms with Crippen molar-refractivity contribution in [3.05, 3.63) is 150 Å². The van der Waals surface area contributed by atoms with Crippen molar-refractivity contribution >= 4 is 57.2 Å². The molecule has 0 N–H and O–H groups in total. The van der Waals surface area contributed by atoms with Gasteiger partial charge in [0.1, 0.15) is 5.82 Å². The molecule has 13 rings (SSSR count). The number of benzene rings is 6. The summed E-state index contributed by atoms with van der Waals surface area (Å²) < 4.78 is 14.4. The molecule has 0 amide bonds. The van der Waals surface area contributed by atoms with Crippen LogP contribution in [0.3, 0.4) is 0 Å². The van der Waals surface area contributed by atoms with Crippen LogP contribution in [0.15, 0.2) is 127 Å². The molecule has 4 bridgehead atoms. The fourth-order valence-corrected chi connectivity index (χ4v) is 12.5. The largest absolute Gasteiger partial charge is 0.311 e. The smallest absolute Gasteiger partial charge is 0.252 e. The zero-order chi connectivity index (χ0) is 34.3. The number of nitrogens with zero attached hydrogens (tertiary/aromatic N) is 2. The summed E-state index contributed by atoms with van der Waals surface area (Å²) in [6.45, 7) is 2.37. The number of hydrogen-bond acceptors (Lipinski definition) is 2. The Balaban J connectivity index is 1.21. The van der Waals surface area contributed by atoms with E-state index in [9.17, 15) is 4.39 Å². The highest BCUT2D eigenvalue weighted by Crippen LogP contribution is 2.69. The first-order chi connectivity index (χ1) is 25.6. The van der Waals surface area contributed by atoms with Crippen molar-refractivity contribution in [3.63, 3.8) is 0 Å². The second-order valence-electron chi connectivity index (χ2n) is 16.6. The van der Waals surface area contributed by atoms with E-state index in [0.717, 1.165) is 35.1 Å². The standard InChI is InChI=1S/C48H40BFN2/c1-2-29-15-20-43-41(26-29)49-40-13-8-12-39-47(40)52(42-14-7-6-11-38(42)48(39)34-22-30-21-31(24-34)25-35(48)23-30)45-28-33(32-16-18-36(50)19-17-32)27-44(46(45)49)51(43)37-9-4-3-5-10-37/h3-20,26-28,30-31,34-35H,2,21-25H2,1H3. The number of rotatable bonds is 3. The van der Waals surface area contributed by atoms with Crippen LogP contribution in [0.2, 0.25) is 0 Å². The van der Waals surface area contributed by atoms with E-state index in [-0.39, 0.29) is 17.9 Å². The normalized spacial score (nSPS) is 25.2. The van der Waals surface area contributed by atoms with Crippen molar-refractivity contribution in [1.82, 2.24) is 0 Å². The van der Waals surface area contributed by atoms with E-state index < -0.39 is 0 Å². The maximum Gasteiger partial charge on any atom is 0.252 e. The summed E-state index contributed by atoms with van der Waals surface area (Å²) in [7, 11) is 0. The van der Waals surface area contributed by atoms with Gasteiger partial charge in [0.25, 0.3) is 6.71 Å². The fourth-order valence-electron chi connectivity index (χ4n) is 12.5. The van der Waals surface area contributed by atoms with Crippen LogP contribution < -0.4 is 26.2 Å². The molecule has 6 aromatic rings. The van der Waals surface area contributed by atoms with Gasteiger partial charge in [-0.2, -0.15) is 0 Å². The Kier molecular flexibility index (Phi) is 5.96. The second kappa shape index (κ2) is 10.5. The van der Waals surface area contributed by atoms with E-state index in [0.29, 0.717) is 11.8 Å². The van der Waals surface area contributed by atoms with Crippen molar-refractivity contribution in [1.29, 1.82) is 0 Å². The quantitative estimate of drug-likeness (QED) is 0.172. The van der Waals surface area contributed by atoms with Gasteiger partial charge in [-0.05, 0) is 155 Å². The van der Waals surface area contributed by atoms with Crippen LogP contribution in [-0.4, -0.2) is 6.71 Å². The highest BCUT2D eigenvalue weighted by atomic mass is 19.1. The molecule has 3 heterocycles. The minimum Gasteiger partial charge on any atom is -0.311 e. The van der Waals surface area contributed by atoms with E-state index in [2.05, 4.69) is 120 Å². The predicted octanol–water partition coefficient (Wildman–Crippen LogP) is 10.2. The van der Waals surface area contributed by atoms with Crippen LogP contribution in [0, 0.1) is 29.5 Å². The Bertz CT molecular complexity index is 2420. The molecular formula is C48H40BFN2. The lowest BCUT2D eigenvalue weighted by Crippen LogP contribution is -2.64. The maximum atomic E-state index is 14.4.